The van der Waals surface area contributed by atoms with Crippen LogP contribution in [0.25, 0.3) is 27.9 Å². The third-order valence-corrected chi connectivity index (χ3v) is 10.2. The molecular weight excluding hydrogens is 791 g/mol. The fraction of sp³-hybridized carbons (Fsp3) is 0.277. The van der Waals surface area contributed by atoms with Crippen molar-refractivity contribution in [2.45, 2.75) is 39.1 Å². The Bertz CT molecular complexity index is 2400. The van der Waals surface area contributed by atoms with E-state index in [9.17, 15) is 20.2 Å². The van der Waals surface area contributed by atoms with E-state index in [1.807, 2.05) is 78.9 Å². The maximum Gasteiger partial charge on any atom is 0.270 e. The molecule has 5 aromatic carbocycles. The molecule has 0 aliphatic carbocycles. The first-order chi connectivity index (χ1) is 30.4. The number of fused-ring (bicyclic) bond motifs is 2. The van der Waals surface area contributed by atoms with Gasteiger partial charge in [0.05, 0.1) is 71.2 Å². The molecule has 0 aliphatic rings. The minimum Gasteiger partial charge on any atom is -0.471 e. The van der Waals surface area contributed by atoms with Gasteiger partial charge in [-0.05, 0) is 48.2 Å². The van der Waals surface area contributed by atoms with Crippen molar-refractivity contribution in [1.82, 2.24) is 24.5 Å². The Morgan fingerprint density at radius 1 is 0.581 bits per heavy atom. The number of hydrogen-bond donors (Lipinski definition) is 0. The van der Waals surface area contributed by atoms with Crippen LogP contribution in [0.15, 0.2) is 133 Å². The standard InChI is InChI=1S/C47H49N7O8/c55-53(56)40-20-22-44-42(33-40)46(61-35-38-16-7-2-8-17-38)48-51(44)27-31-59-29-25-50(24-12-4-11-15-37-13-5-1-6-14-37)26-30-60-32-28-52-45-23-21-41(54(57)58)34-43(45)47(49-52)62-36-39-18-9-3-10-19-39/h1-3,5-11,13-23,33-34H,4,12,24-32,35-36H2/b15-11+. The van der Waals surface area contributed by atoms with Crippen LogP contribution in [-0.2, 0) is 35.8 Å². The van der Waals surface area contributed by atoms with Gasteiger partial charge in [0, 0.05) is 37.4 Å². The van der Waals surface area contributed by atoms with Crippen LogP contribution in [0.2, 0.25) is 0 Å². The van der Waals surface area contributed by atoms with E-state index >= 15 is 0 Å². The van der Waals surface area contributed by atoms with Gasteiger partial charge in [0.1, 0.15) is 13.2 Å². The Kier molecular flexibility index (Phi) is 15.4. The number of aromatic nitrogens is 4. The molecule has 2 heterocycles. The van der Waals surface area contributed by atoms with Gasteiger partial charge in [0.15, 0.2) is 0 Å². The van der Waals surface area contributed by atoms with E-state index in [1.165, 1.54) is 29.8 Å². The molecule has 0 radical (unpaired) electrons. The van der Waals surface area contributed by atoms with Gasteiger partial charge in [-0.15, -0.1) is 10.2 Å². The molecule has 0 fully saturated rings. The van der Waals surface area contributed by atoms with E-state index in [0.29, 0.717) is 75.1 Å². The first-order valence-corrected chi connectivity index (χ1v) is 20.6. The number of rotatable bonds is 25. The van der Waals surface area contributed by atoms with Crippen LogP contribution in [0.5, 0.6) is 11.8 Å². The van der Waals surface area contributed by atoms with Crippen molar-refractivity contribution >= 4 is 39.3 Å². The Hall–Kier alpha value is -6.94. The van der Waals surface area contributed by atoms with E-state index in [2.05, 4.69) is 39.4 Å². The second-order valence-electron chi connectivity index (χ2n) is 14.5. The number of benzene rings is 5. The van der Waals surface area contributed by atoms with E-state index in [1.54, 1.807) is 21.5 Å². The highest BCUT2D eigenvalue weighted by atomic mass is 16.6. The molecule has 0 unspecified atom stereocenters. The highest BCUT2D eigenvalue weighted by Gasteiger charge is 2.18. The predicted octanol–water partition coefficient (Wildman–Crippen LogP) is 8.89. The molecule has 0 saturated heterocycles. The average molecular weight is 840 g/mol. The Morgan fingerprint density at radius 3 is 1.52 bits per heavy atom. The van der Waals surface area contributed by atoms with Gasteiger partial charge in [-0.1, -0.05) is 103 Å². The molecule has 7 rings (SSSR count). The van der Waals surface area contributed by atoms with Crippen LogP contribution in [0.3, 0.4) is 0 Å². The van der Waals surface area contributed by atoms with Crippen molar-refractivity contribution < 1.29 is 28.8 Å². The highest BCUT2D eigenvalue weighted by molar-refractivity contribution is 5.87. The van der Waals surface area contributed by atoms with Crippen LogP contribution < -0.4 is 9.47 Å². The maximum absolute atomic E-state index is 11.6. The van der Waals surface area contributed by atoms with Crippen LogP contribution in [0, 0.1) is 20.2 Å². The number of nitro benzene ring substituents is 2. The molecule has 0 N–H and O–H groups in total. The van der Waals surface area contributed by atoms with Crippen molar-refractivity contribution in [1.29, 1.82) is 0 Å². The summed E-state index contributed by atoms with van der Waals surface area (Å²) in [5.74, 6) is 0.670. The third kappa shape index (κ3) is 12.1. The molecule has 7 aromatic rings. The highest BCUT2D eigenvalue weighted by Crippen LogP contribution is 2.31. The van der Waals surface area contributed by atoms with Gasteiger partial charge >= 0.3 is 0 Å². The van der Waals surface area contributed by atoms with Crippen LogP contribution >= 0.6 is 0 Å². The van der Waals surface area contributed by atoms with E-state index in [0.717, 1.165) is 41.5 Å². The predicted molar refractivity (Wildman–Crippen MR) is 237 cm³/mol. The van der Waals surface area contributed by atoms with Gasteiger partial charge in [0.2, 0.25) is 11.8 Å². The summed E-state index contributed by atoms with van der Waals surface area (Å²) in [6.45, 7) is 5.40. The minimum atomic E-state index is -0.422. The van der Waals surface area contributed by atoms with Crippen molar-refractivity contribution in [2.75, 3.05) is 46.1 Å². The smallest absolute Gasteiger partial charge is 0.270 e. The molecule has 15 heteroatoms. The second kappa shape index (κ2) is 22.1. The number of hydrogen-bond acceptors (Lipinski definition) is 11. The van der Waals surface area contributed by atoms with E-state index in [-0.39, 0.29) is 24.6 Å². The molecule has 2 aromatic heterocycles. The summed E-state index contributed by atoms with van der Waals surface area (Å²) in [4.78, 5) is 24.6. The molecule has 0 saturated carbocycles. The normalized spacial score (nSPS) is 11.6. The monoisotopic (exact) mass is 839 g/mol. The molecule has 0 spiro atoms. The number of non-ortho nitro benzene ring substituents is 2. The molecule has 15 nitrogen and oxygen atoms in total. The third-order valence-electron chi connectivity index (χ3n) is 10.2. The van der Waals surface area contributed by atoms with Crippen molar-refractivity contribution in [3.05, 3.63) is 170 Å². The lowest BCUT2D eigenvalue weighted by Crippen LogP contribution is -2.32. The Balaban J connectivity index is 0.927. The van der Waals surface area contributed by atoms with Crippen molar-refractivity contribution in [3.8, 4) is 11.8 Å². The van der Waals surface area contributed by atoms with Crippen molar-refractivity contribution in [2.24, 2.45) is 0 Å². The molecule has 0 bridgehead atoms. The van der Waals surface area contributed by atoms with E-state index in [4.69, 9.17) is 18.9 Å². The lowest BCUT2D eigenvalue weighted by atomic mass is 10.2. The topological polar surface area (TPSA) is 162 Å². The first kappa shape index (κ1) is 43.2. The Labute approximate surface area is 359 Å². The van der Waals surface area contributed by atoms with Crippen molar-refractivity contribution in [3.63, 3.8) is 0 Å². The molecule has 0 amide bonds. The second-order valence-corrected chi connectivity index (χ2v) is 14.5. The first-order valence-electron chi connectivity index (χ1n) is 20.6. The summed E-state index contributed by atoms with van der Waals surface area (Å²) in [6, 6.07) is 39.0. The summed E-state index contributed by atoms with van der Waals surface area (Å²) >= 11 is 0. The van der Waals surface area contributed by atoms with Gasteiger partial charge < -0.3 is 18.9 Å². The zero-order valence-corrected chi connectivity index (χ0v) is 34.4. The zero-order chi connectivity index (χ0) is 42.9. The quantitative estimate of drug-likeness (QED) is 0.0307. The van der Waals surface area contributed by atoms with Crippen LogP contribution in [-0.4, -0.2) is 80.4 Å². The summed E-state index contributed by atoms with van der Waals surface area (Å²) < 4.78 is 27.9. The fourth-order valence-electron chi connectivity index (χ4n) is 6.95. The number of nitrogens with zero attached hydrogens (tertiary/aromatic N) is 7. The molecule has 320 valence electrons. The molecular formula is C47H49N7O8. The Morgan fingerprint density at radius 2 is 1.05 bits per heavy atom. The molecule has 62 heavy (non-hydrogen) atoms. The van der Waals surface area contributed by atoms with Gasteiger partial charge in [-0.3, -0.25) is 34.5 Å². The number of ether oxygens (including phenoxy) is 4. The maximum atomic E-state index is 11.6. The fourth-order valence-corrected chi connectivity index (χ4v) is 6.95. The zero-order valence-electron chi connectivity index (χ0n) is 34.4. The van der Waals surface area contributed by atoms with E-state index < -0.39 is 9.85 Å². The number of nitro groups is 2. The van der Waals surface area contributed by atoms with Gasteiger partial charge in [-0.25, -0.2) is 0 Å². The van der Waals surface area contributed by atoms with Crippen LogP contribution in [0.1, 0.15) is 29.5 Å². The summed E-state index contributed by atoms with van der Waals surface area (Å²) in [5, 5.41) is 33.6. The largest absolute Gasteiger partial charge is 0.471 e. The van der Waals surface area contributed by atoms with Crippen LogP contribution in [0.4, 0.5) is 11.4 Å². The van der Waals surface area contributed by atoms with Gasteiger partial charge in [-0.2, -0.15) is 0 Å². The average Bonchev–Trinajstić information content (AvgIpc) is 3.84. The summed E-state index contributed by atoms with van der Waals surface area (Å²) in [5.41, 5.74) is 4.49. The molecule has 0 aliphatic heterocycles. The lowest BCUT2D eigenvalue weighted by Gasteiger charge is -2.22. The summed E-state index contributed by atoms with van der Waals surface area (Å²) in [6.07, 6.45) is 6.21. The number of allylic oxidation sites excluding steroid dienone is 1. The molecule has 0 atom stereocenters. The SMILES string of the molecule is O=[N+]([O-])c1ccc2c(c1)c(OCc1ccccc1)nn2CCOCCN(CCC/C=C/c1ccccc1)CCOCCn1nc(OCc2ccccc2)c2cc([N+](=O)[O-])ccc21. The number of unbranched alkanes of at least 4 members (excludes halogenated alkanes) is 1. The lowest BCUT2D eigenvalue weighted by molar-refractivity contribution is -0.384. The minimum absolute atomic E-state index is 0.0288. The summed E-state index contributed by atoms with van der Waals surface area (Å²) in [7, 11) is 0. The van der Waals surface area contributed by atoms with Gasteiger partial charge in [0.25, 0.3) is 11.4 Å².